The van der Waals surface area contributed by atoms with Gasteiger partial charge in [-0.2, -0.15) is 13.2 Å². The second-order valence-corrected chi connectivity index (χ2v) is 8.21. The Morgan fingerprint density at radius 3 is 2.52 bits per heavy atom. The van der Waals surface area contributed by atoms with E-state index in [-0.39, 0.29) is 27.5 Å². The number of carbonyl (C=O) groups is 1. The number of halogens is 4. The van der Waals surface area contributed by atoms with Crippen LogP contribution in [0, 0.1) is 0 Å². The first kappa shape index (κ1) is 22.9. The Hall–Kier alpha value is -3.27. The largest absolute Gasteiger partial charge is 0.478 e. The molecular formula is C22H20ClF3N4O3. The maximum atomic E-state index is 14.3. The number of carboxylic acid groups (broad SMARTS) is 1. The fraction of sp³-hybridized carbons (Fsp3) is 0.318. The van der Waals surface area contributed by atoms with Gasteiger partial charge in [-0.05, 0) is 37.5 Å². The van der Waals surface area contributed by atoms with Crippen LogP contribution < -0.4 is 15.8 Å². The van der Waals surface area contributed by atoms with Crippen molar-refractivity contribution in [3.63, 3.8) is 0 Å². The Morgan fingerprint density at radius 1 is 1.15 bits per heavy atom. The van der Waals surface area contributed by atoms with E-state index in [1.807, 2.05) is 4.90 Å². The Labute approximate surface area is 191 Å². The number of aromatic nitrogens is 2. The molecule has 3 heterocycles. The lowest BCUT2D eigenvalue weighted by molar-refractivity contribution is -0.143. The van der Waals surface area contributed by atoms with E-state index in [9.17, 15) is 27.9 Å². The van der Waals surface area contributed by atoms with E-state index in [2.05, 4.69) is 10.3 Å². The number of rotatable bonds is 5. The third-order valence-corrected chi connectivity index (χ3v) is 5.73. The first-order valence-corrected chi connectivity index (χ1v) is 10.7. The molecule has 0 saturated carbocycles. The van der Waals surface area contributed by atoms with Crippen LogP contribution in [0.25, 0.3) is 5.65 Å². The summed E-state index contributed by atoms with van der Waals surface area (Å²) in [6.45, 7) is 1.30. The molecule has 1 aliphatic heterocycles. The van der Waals surface area contributed by atoms with E-state index in [0.717, 1.165) is 29.7 Å². The molecular weight excluding hydrogens is 461 g/mol. The minimum atomic E-state index is -4.85. The van der Waals surface area contributed by atoms with Crippen LogP contribution in [0.4, 0.5) is 24.7 Å². The highest BCUT2D eigenvalue weighted by molar-refractivity contribution is 6.30. The fourth-order valence-corrected chi connectivity index (χ4v) is 4.18. The van der Waals surface area contributed by atoms with Crippen molar-refractivity contribution in [3.8, 4) is 0 Å². The summed E-state index contributed by atoms with van der Waals surface area (Å²) in [7, 11) is 0. The summed E-state index contributed by atoms with van der Waals surface area (Å²) in [5, 5.41) is 11.6. The number of aromatic carboxylic acids is 1. The van der Waals surface area contributed by atoms with Gasteiger partial charge in [-0.25, -0.2) is 9.78 Å². The number of benzene rings is 1. The van der Waals surface area contributed by atoms with E-state index in [1.54, 1.807) is 0 Å². The Bertz CT molecular complexity index is 1260. The number of fused-ring (bicyclic) bond motifs is 1. The van der Waals surface area contributed by atoms with Gasteiger partial charge in [-0.1, -0.05) is 23.7 Å². The summed E-state index contributed by atoms with van der Waals surface area (Å²) >= 11 is 6.08. The van der Waals surface area contributed by atoms with Crippen LogP contribution in [0.5, 0.6) is 0 Å². The highest BCUT2D eigenvalue weighted by Gasteiger charge is 2.43. The van der Waals surface area contributed by atoms with E-state index in [4.69, 9.17) is 11.6 Å². The predicted octanol–water partition coefficient (Wildman–Crippen LogP) is 4.75. The Balaban J connectivity index is 1.90. The Morgan fingerprint density at radius 2 is 1.85 bits per heavy atom. The number of para-hydroxylation sites is 1. The van der Waals surface area contributed by atoms with Gasteiger partial charge in [0.2, 0.25) is 0 Å². The standard InChI is InChI=1S/C22H20ClF3N4O3/c23-13-10-15(19(22(24,25)26)27-16-7-3-2-6-14(16)21(32)33)20-28-17(11-18(31)30(20)12-13)29-8-4-1-5-9-29/h2-3,6-7,10-12,19,27H,1,4-5,8-9H2,(H,32,33)/t19-/m0/s1. The average molecular weight is 481 g/mol. The normalized spacial score (nSPS) is 15.5. The molecule has 1 saturated heterocycles. The van der Waals surface area contributed by atoms with Gasteiger partial charge < -0.3 is 15.3 Å². The third-order valence-electron chi connectivity index (χ3n) is 5.52. The van der Waals surface area contributed by atoms with Gasteiger partial charge in [0.1, 0.15) is 11.5 Å². The average Bonchev–Trinajstić information content (AvgIpc) is 2.77. The monoisotopic (exact) mass is 480 g/mol. The van der Waals surface area contributed by atoms with E-state index < -0.39 is 23.7 Å². The van der Waals surface area contributed by atoms with Gasteiger partial charge in [0, 0.05) is 36.6 Å². The quantitative estimate of drug-likeness (QED) is 0.548. The maximum Gasteiger partial charge on any atom is 0.412 e. The van der Waals surface area contributed by atoms with Crippen molar-refractivity contribution in [2.24, 2.45) is 0 Å². The van der Waals surface area contributed by atoms with Gasteiger partial charge in [0.05, 0.1) is 10.6 Å². The van der Waals surface area contributed by atoms with Crippen LogP contribution in [0.2, 0.25) is 5.02 Å². The van der Waals surface area contributed by atoms with Crippen LogP contribution in [0.3, 0.4) is 0 Å². The summed E-state index contributed by atoms with van der Waals surface area (Å²) < 4.78 is 43.8. The molecule has 33 heavy (non-hydrogen) atoms. The predicted molar refractivity (Wildman–Crippen MR) is 118 cm³/mol. The van der Waals surface area contributed by atoms with Gasteiger partial charge in [-0.15, -0.1) is 0 Å². The van der Waals surface area contributed by atoms with Crippen molar-refractivity contribution in [2.75, 3.05) is 23.3 Å². The van der Waals surface area contributed by atoms with Crippen molar-refractivity contribution in [3.05, 3.63) is 69.1 Å². The maximum absolute atomic E-state index is 14.3. The number of nitrogens with zero attached hydrogens (tertiary/aromatic N) is 3. The van der Waals surface area contributed by atoms with Crippen LogP contribution >= 0.6 is 11.6 Å². The van der Waals surface area contributed by atoms with Crippen molar-refractivity contribution in [1.29, 1.82) is 0 Å². The molecule has 1 aromatic carbocycles. The minimum absolute atomic E-state index is 0.0882. The Kier molecular flexibility index (Phi) is 6.20. The molecule has 1 aliphatic rings. The number of hydrogen-bond acceptors (Lipinski definition) is 5. The highest BCUT2D eigenvalue weighted by Crippen LogP contribution is 2.39. The second-order valence-electron chi connectivity index (χ2n) is 7.78. The molecule has 0 spiro atoms. The summed E-state index contributed by atoms with van der Waals surface area (Å²) in [4.78, 5) is 30.6. The fourth-order valence-electron chi connectivity index (χ4n) is 3.97. The zero-order valence-corrected chi connectivity index (χ0v) is 18.0. The zero-order chi connectivity index (χ0) is 23.8. The van der Waals surface area contributed by atoms with Crippen molar-refractivity contribution < 1.29 is 23.1 Å². The van der Waals surface area contributed by atoms with Crippen LogP contribution in [0.15, 0.2) is 47.4 Å². The van der Waals surface area contributed by atoms with Gasteiger partial charge in [-0.3, -0.25) is 9.20 Å². The molecule has 1 atom stereocenters. The van der Waals surface area contributed by atoms with E-state index >= 15 is 0 Å². The molecule has 0 bridgehead atoms. The topological polar surface area (TPSA) is 86.9 Å². The summed E-state index contributed by atoms with van der Waals surface area (Å²) in [6, 6.07) is 5.30. The van der Waals surface area contributed by atoms with Gasteiger partial charge in [0.25, 0.3) is 5.56 Å². The third kappa shape index (κ3) is 4.75. The first-order valence-electron chi connectivity index (χ1n) is 10.3. The second kappa shape index (κ2) is 8.93. The van der Waals surface area contributed by atoms with Crippen LogP contribution in [0.1, 0.15) is 41.2 Å². The minimum Gasteiger partial charge on any atom is -0.478 e. The molecule has 0 aliphatic carbocycles. The molecule has 4 rings (SSSR count). The molecule has 0 unspecified atom stereocenters. The van der Waals surface area contributed by atoms with E-state index in [0.29, 0.717) is 18.9 Å². The number of nitrogens with one attached hydrogen (secondary N) is 1. The molecule has 174 valence electrons. The molecule has 0 radical (unpaired) electrons. The van der Waals surface area contributed by atoms with Crippen molar-refractivity contribution in [1.82, 2.24) is 9.38 Å². The van der Waals surface area contributed by atoms with Gasteiger partial charge in [0.15, 0.2) is 6.04 Å². The number of alkyl halides is 3. The molecule has 11 heteroatoms. The van der Waals surface area contributed by atoms with Crippen LogP contribution in [-0.4, -0.2) is 39.7 Å². The van der Waals surface area contributed by atoms with Crippen molar-refractivity contribution in [2.45, 2.75) is 31.5 Å². The molecule has 3 aromatic rings. The SMILES string of the molecule is O=C(O)c1ccccc1N[C@@H](c1cc(Cl)cn2c(=O)cc(N3CCCCC3)nc12)C(F)(F)F. The molecule has 1 fully saturated rings. The summed E-state index contributed by atoms with van der Waals surface area (Å²) in [5.74, 6) is -1.08. The summed E-state index contributed by atoms with van der Waals surface area (Å²) in [6.07, 6.45) is -0.808. The lowest BCUT2D eigenvalue weighted by atomic mass is 10.1. The van der Waals surface area contributed by atoms with Crippen molar-refractivity contribution >= 4 is 34.7 Å². The molecule has 2 aromatic heterocycles. The lowest BCUT2D eigenvalue weighted by Gasteiger charge is -2.28. The number of anilines is 2. The first-order chi connectivity index (χ1) is 15.6. The van der Waals surface area contributed by atoms with Gasteiger partial charge >= 0.3 is 12.1 Å². The lowest BCUT2D eigenvalue weighted by Crippen LogP contribution is -2.33. The highest BCUT2D eigenvalue weighted by atomic mass is 35.5. The van der Waals surface area contributed by atoms with Crippen LogP contribution in [-0.2, 0) is 0 Å². The summed E-state index contributed by atoms with van der Waals surface area (Å²) in [5.41, 5.74) is -1.69. The number of carboxylic acids is 1. The van der Waals surface area contributed by atoms with E-state index in [1.165, 1.54) is 36.5 Å². The number of hydrogen-bond donors (Lipinski definition) is 2. The zero-order valence-electron chi connectivity index (χ0n) is 17.3. The molecule has 2 N–H and O–H groups in total. The molecule has 0 amide bonds. The number of piperidine rings is 1. The number of pyridine rings is 1. The molecule has 7 nitrogen and oxygen atoms in total. The smallest absolute Gasteiger partial charge is 0.412 e.